The molecule has 8 heteroatoms. The van der Waals surface area contributed by atoms with Gasteiger partial charge in [0, 0.05) is 31.7 Å². The van der Waals surface area contributed by atoms with E-state index in [-0.39, 0.29) is 17.0 Å². The lowest BCUT2D eigenvalue weighted by atomic mass is 10.1. The van der Waals surface area contributed by atoms with Gasteiger partial charge >= 0.3 is 0 Å². The SMILES string of the molecule is Cc1ccc(-c2nnc(C(C)N3CCN(C(=O)c4ccc(F)cc4Cl)CC3)o2)cc1. The van der Waals surface area contributed by atoms with Gasteiger partial charge in [0.2, 0.25) is 11.8 Å². The monoisotopic (exact) mass is 428 g/mol. The highest BCUT2D eigenvalue weighted by molar-refractivity contribution is 6.33. The summed E-state index contributed by atoms with van der Waals surface area (Å²) in [5.41, 5.74) is 2.37. The molecule has 0 radical (unpaired) electrons. The molecule has 1 unspecified atom stereocenters. The summed E-state index contributed by atoms with van der Waals surface area (Å²) in [5, 5.41) is 8.53. The number of nitrogens with zero attached hydrogens (tertiary/aromatic N) is 4. The van der Waals surface area contributed by atoms with Crippen LogP contribution in [0.1, 0.15) is 34.8 Å². The molecule has 0 spiro atoms. The minimum Gasteiger partial charge on any atom is -0.419 e. The van der Waals surface area contributed by atoms with Crippen LogP contribution in [0.15, 0.2) is 46.9 Å². The largest absolute Gasteiger partial charge is 0.419 e. The van der Waals surface area contributed by atoms with Crippen molar-refractivity contribution in [1.82, 2.24) is 20.0 Å². The summed E-state index contributed by atoms with van der Waals surface area (Å²) in [5.74, 6) is 0.398. The van der Waals surface area contributed by atoms with Gasteiger partial charge in [0.15, 0.2) is 0 Å². The van der Waals surface area contributed by atoms with Crippen LogP contribution in [0.2, 0.25) is 5.02 Å². The first kappa shape index (κ1) is 20.5. The summed E-state index contributed by atoms with van der Waals surface area (Å²) in [7, 11) is 0. The number of hydrogen-bond acceptors (Lipinski definition) is 5. The van der Waals surface area contributed by atoms with Crippen LogP contribution >= 0.6 is 11.6 Å². The van der Waals surface area contributed by atoms with Crippen molar-refractivity contribution >= 4 is 17.5 Å². The van der Waals surface area contributed by atoms with Gasteiger partial charge in [0.05, 0.1) is 16.6 Å². The van der Waals surface area contributed by atoms with Crippen LogP contribution < -0.4 is 0 Å². The molecule has 1 fully saturated rings. The molecule has 1 aliphatic rings. The van der Waals surface area contributed by atoms with Crippen LogP contribution in [0, 0.1) is 12.7 Å². The molecule has 2 aromatic carbocycles. The molecule has 1 atom stereocenters. The number of halogens is 2. The summed E-state index contributed by atoms with van der Waals surface area (Å²) in [6.45, 7) is 6.44. The molecule has 0 bridgehead atoms. The third kappa shape index (κ3) is 4.22. The van der Waals surface area contributed by atoms with Crippen LogP contribution in [0.3, 0.4) is 0 Å². The second kappa shape index (κ2) is 8.53. The lowest BCUT2D eigenvalue weighted by Crippen LogP contribution is -2.49. The van der Waals surface area contributed by atoms with E-state index in [1.807, 2.05) is 38.1 Å². The minimum atomic E-state index is -0.459. The summed E-state index contributed by atoms with van der Waals surface area (Å²) in [6.07, 6.45) is 0. The molecule has 0 saturated carbocycles. The average Bonchev–Trinajstić information content (AvgIpc) is 3.24. The topological polar surface area (TPSA) is 62.5 Å². The molecule has 1 aliphatic heterocycles. The lowest BCUT2D eigenvalue weighted by Gasteiger charge is -2.37. The number of benzene rings is 2. The molecule has 2 heterocycles. The highest BCUT2D eigenvalue weighted by Gasteiger charge is 2.28. The molecule has 30 heavy (non-hydrogen) atoms. The van der Waals surface area contributed by atoms with Gasteiger partial charge in [0.25, 0.3) is 5.91 Å². The Labute approximate surface area is 179 Å². The smallest absolute Gasteiger partial charge is 0.255 e. The van der Waals surface area contributed by atoms with Crippen molar-refractivity contribution in [3.63, 3.8) is 0 Å². The van der Waals surface area contributed by atoms with Gasteiger partial charge in [-0.05, 0) is 44.2 Å². The molecule has 0 aliphatic carbocycles. The average molecular weight is 429 g/mol. The molecule has 6 nitrogen and oxygen atoms in total. The van der Waals surface area contributed by atoms with Gasteiger partial charge in [-0.3, -0.25) is 9.69 Å². The molecule has 1 saturated heterocycles. The molecule has 156 valence electrons. The van der Waals surface area contributed by atoms with Gasteiger partial charge in [0.1, 0.15) is 5.82 Å². The standard InChI is InChI=1S/C22H22ClFN4O2/c1-14-3-5-16(6-4-14)21-26-25-20(30-21)15(2)27-9-11-28(12-10-27)22(29)18-8-7-17(24)13-19(18)23/h3-8,13,15H,9-12H2,1-2H3. The molecule has 1 amide bonds. The van der Waals surface area contributed by atoms with Crippen LogP contribution in [0.25, 0.3) is 11.5 Å². The maximum atomic E-state index is 13.2. The minimum absolute atomic E-state index is 0.0663. The number of rotatable bonds is 4. The van der Waals surface area contributed by atoms with Crippen LogP contribution in [-0.4, -0.2) is 52.1 Å². The molecule has 3 aromatic rings. The highest BCUT2D eigenvalue weighted by Crippen LogP contribution is 2.26. The fourth-order valence-electron chi connectivity index (χ4n) is 3.52. The Kier molecular flexibility index (Phi) is 5.83. The van der Waals surface area contributed by atoms with Crippen molar-refractivity contribution in [3.05, 3.63) is 70.3 Å². The number of hydrogen-bond donors (Lipinski definition) is 0. The predicted molar refractivity (Wildman–Crippen MR) is 112 cm³/mol. The zero-order chi connectivity index (χ0) is 21.3. The van der Waals surface area contributed by atoms with Crippen LogP contribution in [0.4, 0.5) is 4.39 Å². The van der Waals surface area contributed by atoms with Crippen molar-refractivity contribution < 1.29 is 13.6 Å². The molecule has 1 aromatic heterocycles. The lowest BCUT2D eigenvalue weighted by molar-refractivity contribution is 0.0559. The maximum absolute atomic E-state index is 13.2. The number of carbonyl (C=O) groups is 1. The Bertz CT molecular complexity index is 1050. The predicted octanol–water partition coefficient (Wildman–Crippen LogP) is 4.36. The number of aromatic nitrogens is 2. The summed E-state index contributed by atoms with van der Waals surface area (Å²) >= 11 is 6.04. The summed E-state index contributed by atoms with van der Waals surface area (Å²) in [4.78, 5) is 16.6. The third-order valence-electron chi connectivity index (χ3n) is 5.41. The van der Waals surface area contributed by atoms with Crippen molar-refractivity contribution in [2.45, 2.75) is 19.9 Å². The number of amides is 1. The van der Waals surface area contributed by atoms with Gasteiger partial charge in [-0.25, -0.2) is 4.39 Å². The van der Waals surface area contributed by atoms with E-state index in [2.05, 4.69) is 15.1 Å². The molecule has 4 rings (SSSR count). The van der Waals surface area contributed by atoms with E-state index in [0.717, 1.165) is 11.6 Å². The van der Waals surface area contributed by atoms with E-state index in [9.17, 15) is 9.18 Å². The quantitative estimate of drug-likeness (QED) is 0.618. The van der Waals surface area contributed by atoms with Gasteiger partial charge in [-0.1, -0.05) is 29.3 Å². The van der Waals surface area contributed by atoms with Crippen molar-refractivity contribution in [2.24, 2.45) is 0 Å². The second-order valence-electron chi connectivity index (χ2n) is 7.44. The Morgan fingerprint density at radius 3 is 2.47 bits per heavy atom. The fourth-order valence-corrected chi connectivity index (χ4v) is 3.77. The van der Waals surface area contributed by atoms with E-state index in [0.29, 0.717) is 43.5 Å². The first-order valence-corrected chi connectivity index (χ1v) is 10.2. The van der Waals surface area contributed by atoms with E-state index in [1.54, 1.807) is 4.90 Å². The Hall–Kier alpha value is -2.77. The maximum Gasteiger partial charge on any atom is 0.255 e. The van der Waals surface area contributed by atoms with Crippen LogP contribution in [0.5, 0.6) is 0 Å². The van der Waals surface area contributed by atoms with Crippen molar-refractivity contribution in [1.29, 1.82) is 0 Å². The number of piperazine rings is 1. The third-order valence-corrected chi connectivity index (χ3v) is 5.72. The first-order valence-electron chi connectivity index (χ1n) is 9.81. The van der Waals surface area contributed by atoms with Crippen molar-refractivity contribution in [3.8, 4) is 11.5 Å². The molecular weight excluding hydrogens is 407 g/mol. The van der Waals surface area contributed by atoms with Crippen molar-refractivity contribution in [2.75, 3.05) is 26.2 Å². The Morgan fingerprint density at radius 1 is 1.10 bits per heavy atom. The van der Waals surface area contributed by atoms with E-state index in [1.165, 1.54) is 17.7 Å². The van der Waals surface area contributed by atoms with E-state index >= 15 is 0 Å². The van der Waals surface area contributed by atoms with Gasteiger partial charge < -0.3 is 9.32 Å². The number of carbonyl (C=O) groups excluding carboxylic acids is 1. The van der Waals surface area contributed by atoms with E-state index in [4.69, 9.17) is 16.0 Å². The Balaban J connectivity index is 1.39. The fraction of sp³-hybridized carbons (Fsp3) is 0.318. The van der Waals surface area contributed by atoms with Gasteiger partial charge in [-0.2, -0.15) is 0 Å². The van der Waals surface area contributed by atoms with Crippen LogP contribution in [-0.2, 0) is 0 Å². The molecular formula is C22H22ClFN4O2. The first-order chi connectivity index (χ1) is 14.4. The second-order valence-corrected chi connectivity index (χ2v) is 7.85. The summed E-state index contributed by atoms with van der Waals surface area (Å²) < 4.78 is 19.1. The summed E-state index contributed by atoms with van der Waals surface area (Å²) in [6, 6.07) is 11.7. The van der Waals surface area contributed by atoms with Gasteiger partial charge in [-0.15, -0.1) is 10.2 Å². The zero-order valence-corrected chi connectivity index (χ0v) is 17.6. The van der Waals surface area contributed by atoms with E-state index < -0.39 is 5.82 Å². The molecule has 0 N–H and O–H groups in total. The zero-order valence-electron chi connectivity index (χ0n) is 16.8. The normalized spacial score (nSPS) is 15.9. The Morgan fingerprint density at radius 2 is 1.80 bits per heavy atom. The number of aryl methyl sites for hydroxylation is 1. The highest BCUT2D eigenvalue weighted by atomic mass is 35.5.